The van der Waals surface area contributed by atoms with Crippen molar-refractivity contribution in [2.24, 2.45) is 0 Å². The van der Waals surface area contributed by atoms with Crippen LogP contribution < -0.4 is 10.6 Å². The van der Waals surface area contributed by atoms with E-state index in [0.717, 1.165) is 24.3 Å². The predicted octanol–water partition coefficient (Wildman–Crippen LogP) is 3.13. The van der Waals surface area contributed by atoms with E-state index in [1.165, 1.54) is 6.42 Å². The summed E-state index contributed by atoms with van der Waals surface area (Å²) in [5.41, 5.74) is 2.45. The lowest BCUT2D eigenvalue weighted by Gasteiger charge is -2.14. The van der Waals surface area contributed by atoms with Crippen LogP contribution in [0.2, 0.25) is 5.02 Å². The van der Waals surface area contributed by atoms with E-state index in [2.05, 4.69) is 29.6 Å². The van der Waals surface area contributed by atoms with Crippen LogP contribution in [0.3, 0.4) is 0 Å². The molecule has 1 aromatic heterocycles. The SMILES string of the molecule is CC(C)c1c(C(=O)NCC2CCCN2)cnn1-c1ccc(Cl)cc1. The molecule has 0 saturated carbocycles. The Kier molecular flexibility index (Phi) is 5.21. The van der Waals surface area contributed by atoms with Gasteiger partial charge in [-0.2, -0.15) is 5.10 Å². The van der Waals surface area contributed by atoms with E-state index in [0.29, 0.717) is 23.2 Å². The van der Waals surface area contributed by atoms with Crippen LogP contribution in [0.25, 0.3) is 5.69 Å². The van der Waals surface area contributed by atoms with Gasteiger partial charge in [0.1, 0.15) is 0 Å². The fraction of sp³-hybridized carbons (Fsp3) is 0.444. The fourth-order valence-corrected chi connectivity index (χ4v) is 3.24. The molecule has 1 aromatic carbocycles. The van der Waals surface area contributed by atoms with Gasteiger partial charge in [0, 0.05) is 17.6 Å². The molecule has 6 heteroatoms. The van der Waals surface area contributed by atoms with Crippen LogP contribution in [0.4, 0.5) is 0 Å². The molecule has 1 aliphatic rings. The van der Waals surface area contributed by atoms with E-state index in [-0.39, 0.29) is 11.8 Å². The molecule has 1 aliphatic heterocycles. The third kappa shape index (κ3) is 3.62. The Bertz CT molecular complexity index is 702. The Morgan fingerprint density at radius 1 is 1.42 bits per heavy atom. The molecular weight excluding hydrogens is 324 g/mol. The molecule has 1 unspecified atom stereocenters. The Morgan fingerprint density at radius 2 is 2.17 bits per heavy atom. The molecule has 0 spiro atoms. The van der Waals surface area contributed by atoms with Gasteiger partial charge in [-0.1, -0.05) is 25.4 Å². The van der Waals surface area contributed by atoms with E-state index < -0.39 is 0 Å². The zero-order valence-corrected chi connectivity index (χ0v) is 14.8. The van der Waals surface area contributed by atoms with Gasteiger partial charge in [-0.05, 0) is 49.6 Å². The van der Waals surface area contributed by atoms with E-state index in [1.54, 1.807) is 6.20 Å². The normalized spacial score (nSPS) is 17.4. The number of rotatable bonds is 5. The summed E-state index contributed by atoms with van der Waals surface area (Å²) in [6.45, 7) is 5.83. The van der Waals surface area contributed by atoms with Crippen LogP contribution in [-0.2, 0) is 0 Å². The number of carbonyl (C=O) groups excluding carboxylic acids is 1. The number of nitrogens with one attached hydrogen (secondary N) is 2. The summed E-state index contributed by atoms with van der Waals surface area (Å²) in [4.78, 5) is 12.6. The van der Waals surface area contributed by atoms with E-state index >= 15 is 0 Å². The number of aromatic nitrogens is 2. The van der Waals surface area contributed by atoms with Crippen molar-refractivity contribution < 1.29 is 4.79 Å². The van der Waals surface area contributed by atoms with Crippen LogP contribution in [-0.4, -0.2) is 34.8 Å². The molecule has 1 amide bonds. The molecule has 0 aliphatic carbocycles. The van der Waals surface area contributed by atoms with Crippen LogP contribution in [0.1, 0.15) is 48.7 Å². The molecule has 5 nitrogen and oxygen atoms in total. The van der Waals surface area contributed by atoms with Gasteiger partial charge in [-0.3, -0.25) is 4.79 Å². The lowest BCUT2D eigenvalue weighted by molar-refractivity contribution is 0.0949. The van der Waals surface area contributed by atoms with Crippen molar-refractivity contribution in [2.45, 2.75) is 38.6 Å². The second-order valence-electron chi connectivity index (χ2n) is 6.49. The van der Waals surface area contributed by atoms with E-state index in [1.807, 2.05) is 28.9 Å². The summed E-state index contributed by atoms with van der Waals surface area (Å²) in [5.74, 6) is 0.112. The average molecular weight is 347 g/mol. The highest BCUT2D eigenvalue weighted by Gasteiger charge is 2.22. The molecule has 3 rings (SSSR count). The second kappa shape index (κ2) is 7.36. The maximum atomic E-state index is 12.6. The van der Waals surface area contributed by atoms with Gasteiger partial charge in [0.2, 0.25) is 0 Å². The number of nitrogens with zero attached hydrogens (tertiary/aromatic N) is 2. The summed E-state index contributed by atoms with van der Waals surface area (Å²) >= 11 is 5.96. The minimum absolute atomic E-state index is 0.0624. The summed E-state index contributed by atoms with van der Waals surface area (Å²) in [6, 6.07) is 7.85. The molecule has 1 atom stereocenters. The van der Waals surface area contributed by atoms with Crippen molar-refractivity contribution in [3.8, 4) is 5.69 Å². The molecule has 2 heterocycles. The van der Waals surface area contributed by atoms with Gasteiger partial charge >= 0.3 is 0 Å². The van der Waals surface area contributed by atoms with Crippen molar-refractivity contribution in [1.29, 1.82) is 0 Å². The van der Waals surface area contributed by atoms with Crippen LogP contribution in [0.5, 0.6) is 0 Å². The maximum absolute atomic E-state index is 12.6. The zero-order valence-electron chi connectivity index (χ0n) is 14.1. The van der Waals surface area contributed by atoms with Gasteiger partial charge in [-0.15, -0.1) is 0 Å². The smallest absolute Gasteiger partial charge is 0.254 e. The molecule has 128 valence electrons. The summed E-state index contributed by atoms with van der Waals surface area (Å²) in [6.07, 6.45) is 3.94. The highest BCUT2D eigenvalue weighted by atomic mass is 35.5. The quantitative estimate of drug-likeness (QED) is 0.874. The van der Waals surface area contributed by atoms with Crippen molar-refractivity contribution in [1.82, 2.24) is 20.4 Å². The van der Waals surface area contributed by atoms with E-state index in [4.69, 9.17) is 11.6 Å². The third-order valence-corrected chi connectivity index (χ3v) is 4.59. The fourth-order valence-electron chi connectivity index (χ4n) is 3.12. The lowest BCUT2D eigenvalue weighted by Crippen LogP contribution is -2.37. The first-order valence-electron chi connectivity index (χ1n) is 8.41. The molecule has 0 radical (unpaired) electrons. The van der Waals surface area contributed by atoms with Gasteiger partial charge in [-0.25, -0.2) is 4.68 Å². The molecule has 24 heavy (non-hydrogen) atoms. The first-order valence-corrected chi connectivity index (χ1v) is 8.79. The highest BCUT2D eigenvalue weighted by molar-refractivity contribution is 6.30. The summed E-state index contributed by atoms with van der Waals surface area (Å²) < 4.78 is 1.82. The Labute approximate surface area is 147 Å². The van der Waals surface area contributed by atoms with Gasteiger partial charge in [0.25, 0.3) is 5.91 Å². The topological polar surface area (TPSA) is 59.0 Å². The number of halogens is 1. The van der Waals surface area contributed by atoms with Crippen molar-refractivity contribution in [3.63, 3.8) is 0 Å². The number of amides is 1. The highest BCUT2D eigenvalue weighted by Crippen LogP contribution is 2.24. The monoisotopic (exact) mass is 346 g/mol. The van der Waals surface area contributed by atoms with Gasteiger partial charge in [0.15, 0.2) is 0 Å². The Hall–Kier alpha value is -1.85. The predicted molar refractivity (Wildman–Crippen MR) is 96.0 cm³/mol. The standard InChI is InChI=1S/C18H23ClN4O/c1-12(2)17-16(18(24)21-10-14-4-3-9-20-14)11-22-23(17)15-7-5-13(19)6-8-15/h5-8,11-12,14,20H,3-4,9-10H2,1-2H3,(H,21,24). The molecule has 2 N–H and O–H groups in total. The van der Waals surface area contributed by atoms with E-state index in [9.17, 15) is 4.79 Å². The zero-order chi connectivity index (χ0) is 17.1. The molecule has 1 fully saturated rings. The van der Waals surface area contributed by atoms with Crippen molar-refractivity contribution in [2.75, 3.05) is 13.1 Å². The number of benzene rings is 1. The maximum Gasteiger partial charge on any atom is 0.254 e. The second-order valence-corrected chi connectivity index (χ2v) is 6.93. The Morgan fingerprint density at radius 3 is 2.79 bits per heavy atom. The van der Waals surface area contributed by atoms with Crippen LogP contribution in [0, 0.1) is 0 Å². The number of hydrogen-bond donors (Lipinski definition) is 2. The minimum atomic E-state index is -0.0624. The average Bonchev–Trinajstić information content (AvgIpc) is 3.22. The number of carbonyl (C=O) groups is 1. The summed E-state index contributed by atoms with van der Waals surface area (Å²) in [5, 5.41) is 11.5. The Balaban J connectivity index is 1.82. The largest absolute Gasteiger partial charge is 0.350 e. The lowest BCUT2D eigenvalue weighted by atomic mass is 10.0. The molecule has 2 aromatic rings. The third-order valence-electron chi connectivity index (χ3n) is 4.34. The van der Waals surface area contributed by atoms with Crippen LogP contribution in [0.15, 0.2) is 30.5 Å². The van der Waals surface area contributed by atoms with Crippen molar-refractivity contribution >= 4 is 17.5 Å². The molecule has 1 saturated heterocycles. The molecule has 0 bridgehead atoms. The summed E-state index contributed by atoms with van der Waals surface area (Å²) in [7, 11) is 0. The minimum Gasteiger partial charge on any atom is -0.350 e. The van der Waals surface area contributed by atoms with Gasteiger partial charge in [0.05, 0.1) is 23.1 Å². The van der Waals surface area contributed by atoms with Crippen molar-refractivity contribution in [3.05, 3.63) is 46.7 Å². The van der Waals surface area contributed by atoms with Crippen LogP contribution >= 0.6 is 11.6 Å². The number of hydrogen-bond acceptors (Lipinski definition) is 3. The first-order chi connectivity index (χ1) is 11.6. The first kappa shape index (κ1) is 17.0. The van der Waals surface area contributed by atoms with Gasteiger partial charge < -0.3 is 10.6 Å². The molecular formula is C18H23ClN4O.